The van der Waals surface area contributed by atoms with Crippen LogP contribution in [-0.4, -0.2) is 48.7 Å². The Hall–Kier alpha value is -0.910. The monoisotopic (exact) mass is 273 g/mol. The number of halogens is 1. The van der Waals surface area contributed by atoms with E-state index in [1.807, 2.05) is 21.0 Å². The molecule has 0 unspecified atom stereocenters. The van der Waals surface area contributed by atoms with Crippen molar-refractivity contribution in [1.29, 1.82) is 0 Å². The third-order valence-corrected chi connectivity index (χ3v) is 2.35. The lowest BCUT2D eigenvalue weighted by Gasteiger charge is -2.10. The molecular formula is C12H20ClN3O2. The van der Waals surface area contributed by atoms with Gasteiger partial charge in [-0.15, -0.1) is 0 Å². The normalized spacial score (nSPS) is 10.9. The zero-order valence-corrected chi connectivity index (χ0v) is 11.9. The van der Waals surface area contributed by atoms with Crippen molar-refractivity contribution in [2.24, 2.45) is 0 Å². The van der Waals surface area contributed by atoms with E-state index in [1.165, 1.54) is 0 Å². The van der Waals surface area contributed by atoms with Gasteiger partial charge < -0.3 is 14.4 Å². The van der Waals surface area contributed by atoms with Crippen LogP contribution in [0.1, 0.15) is 19.2 Å². The summed E-state index contributed by atoms with van der Waals surface area (Å²) in [6.45, 7) is 4.48. The van der Waals surface area contributed by atoms with E-state index in [2.05, 4.69) is 14.9 Å². The van der Waals surface area contributed by atoms with Crippen molar-refractivity contribution in [3.05, 3.63) is 17.0 Å². The summed E-state index contributed by atoms with van der Waals surface area (Å²) in [5, 5.41) is 0.377. The number of hydrogen-bond donors (Lipinski definition) is 0. The van der Waals surface area contributed by atoms with Crippen LogP contribution < -0.4 is 4.74 Å². The number of ether oxygens (including phenoxy) is 2. The van der Waals surface area contributed by atoms with Crippen LogP contribution in [0.3, 0.4) is 0 Å². The first-order valence-electron chi connectivity index (χ1n) is 6.00. The standard InChI is InChI=1S/C12H20ClN3O2/c1-4-17-9-11-14-10(13)8-12(15-11)18-7-5-6-16(2)3/h8H,4-7,9H2,1-3H3. The van der Waals surface area contributed by atoms with Crippen LogP contribution in [-0.2, 0) is 11.3 Å². The van der Waals surface area contributed by atoms with E-state index >= 15 is 0 Å². The van der Waals surface area contributed by atoms with Crippen molar-refractivity contribution in [2.75, 3.05) is 33.9 Å². The molecule has 0 aliphatic rings. The summed E-state index contributed by atoms with van der Waals surface area (Å²) in [5.41, 5.74) is 0. The van der Waals surface area contributed by atoms with Gasteiger partial charge in [0.25, 0.3) is 0 Å². The highest BCUT2D eigenvalue weighted by Crippen LogP contribution is 2.14. The topological polar surface area (TPSA) is 47.5 Å². The molecule has 0 fully saturated rings. The number of hydrogen-bond acceptors (Lipinski definition) is 5. The Morgan fingerprint density at radius 2 is 2.11 bits per heavy atom. The molecule has 5 nitrogen and oxygen atoms in total. The molecule has 0 aliphatic heterocycles. The third kappa shape index (κ3) is 6.14. The van der Waals surface area contributed by atoms with Gasteiger partial charge in [-0.25, -0.2) is 4.98 Å². The number of nitrogens with zero attached hydrogens (tertiary/aromatic N) is 3. The molecular weight excluding hydrogens is 254 g/mol. The lowest BCUT2D eigenvalue weighted by Crippen LogP contribution is -2.16. The SMILES string of the molecule is CCOCc1nc(Cl)cc(OCCCN(C)C)n1. The molecule has 0 amide bonds. The van der Waals surface area contributed by atoms with Crippen molar-refractivity contribution < 1.29 is 9.47 Å². The van der Waals surface area contributed by atoms with E-state index in [-0.39, 0.29) is 0 Å². The van der Waals surface area contributed by atoms with Crippen molar-refractivity contribution in [3.63, 3.8) is 0 Å². The van der Waals surface area contributed by atoms with Crippen LogP contribution in [0, 0.1) is 0 Å². The first kappa shape index (κ1) is 15.1. The molecule has 0 radical (unpaired) electrons. The van der Waals surface area contributed by atoms with Crippen molar-refractivity contribution in [1.82, 2.24) is 14.9 Å². The molecule has 0 aromatic carbocycles. The summed E-state index contributed by atoms with van der Waals surface area (Å²) in [6.07, 6.45) is 0.940. The number of aromatic nitrogens is 2. The smallest absolute Gasteiger partial charge is 0.218 e. The first-order chi connectivity index (χ1) is 8.61. The summed E-state index contributed by atoms with van der Waals surface area (Å²) in [5.74, 6) is 1.05. The zero-order chi connectivity index (χ0) is 13.4. The third-order valence-electron chi connectivity index (χ3n) is 2.15. The summed E-state index contributed by atoms with van der Waals surface area (Å²) in [6, 6.07) is 1.62. The molecule has 6 heteroatoms. The molecule has 1 heterocycles. The Bertz CT molecular complexity index is 361. The fourth-order valence-corrected chi connectivity index (χ4v) is 1.52. The van der Waals surface area contributed by atoms with Crippen LogP contribution in [0.15, 0.2) is 6.07 Å². The average Bonchev–Trinajstić information content (AvgIpc) is 2.31. The van der Waals surface area contributed by atoms with Gasteiger partial charge in [0.2, 0.25) is 5.88 Å². The predicted octanol–water partition coefficient (Wildman–Crippen LogP) is 2.00. The van der Waals surface area contributed by atoms with E-state index in [4.69, 9.17) is 21.1 Å². The van der Waals surface area contributed by atoms with Crippen molar-refractivity contribution >= 4 is 11.6 Å². The fourth-order valence-electron chi connectivity index (χ4n) is 1.33. The predicted molar refractivity (Wildman–Crippen MR) is 71.0 cm³/mol. The van der Waals surface area contributed by atoms with Crippen molar-refractivity contribution in [2.45, 2.75) is 20.0 Å². The Labute approximate surface area is 113 Å². The lowest BCUT2D eigenvalue weighted by atomic mass is 10.4. The number of rotatable bonds is 8. The van der Waals surface area contributed by atoms with Gasteiger partial charge in [0.15, 0.2) is 5.82 Å². The first-order valence-corrected chi connectivity index (χ1v) is 6.38. The highest BCUT2D eigenvalue weighted by Gasteiger charge is 2.04. The van der Waals surface area contributed by atoms with Gasteiger partial charge in [0.1, 0.15) is 11.8 Å². The molecule has 1 rings (SSSR count). The minimum atomic E-state index is 0.352. The van der Waals surface area contributed by atoms with E-state index < -0.39 is 0 Å². The minimum Gasteiger partial charge on any atom is -0.477 e. The van der Waals surface area contributed by atoms with Gasteiger partial charge >= 0.3 is 0 Å². The van der Waals surface area contributed by atoms with Gasteiger partial charge in [-0.2, -0.15) is 4.98 Å². The van der Waals surface area contributed by atoms with Crippen LogP contribution in [0.2, 0.25) is 5.15 Å². The van der Waals surface area contributed by atoms with Crippen molar-refractivity contribution in [3.8, 4) is 5.88 Å². The van der Waals surface area contributed by atoms with Gasteiger partial charge in [-0.3, -0.25) is 0 Å². The summed E-state index contributed by atoms with van der Waals surface area (Å²) >= 11 is 5.90. The molecule has 0 bridgehead atoms. The zero-order valence-electron chi connectivity index (χ0n) is 11.1. The fraction of sp³-hybridized carbons (Fsp3) is 0.667. The highest BCUT2D eigenvalue weighted by molar-refractivity contribution is 6.29. The molecule has 0 N–H and O–H groups in total. The molecule has 18 heavy (non-hydrogen) atoms. The molecule has 1 aromatic rings. The molecule has 0 saturated carbocycles. The maximum Gasteiger partial charge on any atom is 0.218 e. The molecule has 0 saturated heterocycles. The van der Waals surface area contributed by atoms with Crippen LogP contribution in [0.25, 0.3) is 0 Å². The molecule has 0 aliphatic carbocycles. The lowest BCUT2D eigenvalue weighted by molar-refractivity contribution is 0.127. The van der Waals surface area contributed by atoms with Crippen LogP contribution >= 0.6 is 11.6 Å². The van der Waals surface area contributed by atoms with Gasteiger partial charge in [-0.05, 0) is 27.4 Å². The molecule has 0 spiro atoms. The quantitative estimate of drug-likeness (QED) is 0.536. The summed E-state index contributed by atoms with van der Waals surface area (Å²) < 4.78 is 10.8. The Morgan fingerprint density at radius 3 is 2.78 bits per heavy atom. The molecule has 0 atom stereocenters. The highest BCUT2D eigenvalue weighted by atomic mass is 35.5. The molecule has 1 aromatic heterocycles. The van der Waals surface area contributed by atoms with Gasteiger partial charge in [0.05, 0.1) is 6.61 Å². The van der Waals surface area contributed by atoms with E-state index in [1.54, 1.807) is 6.07 Å². The Morgan fingerprint density at radius 1 is 1.33 bits per heavy atom. The molecule has 102 valence electrons. The summed E-state index contributed by atoms with van der Waals surface area (Å²) in [7, 11) is 4.06. The second-order valence-corrected chi connectivity index (χ2v) is 4.47. The van der Waals surface area contributed by atoms with Crippen LogP contribution in [0.5, 0.6) is 5.88 Å². The Balaban J connectivity index is 2.46. The van der Waals surface area contributed by atoms with E-state index in [0.29, 0.717) is 36.7 Å². The largest absolute Gasteiger partial charge is 0.477 e. The minimum absolute atomic E-state index is 0.352. The maximum atomic E-state index is 5.90. The van der Waals surface area contributed by atoms with Crippen LogP contribution in [0.4, 0.5) is 0 Å². The maximum absolute atomic E-state index is 5.90. The second-order valence-electron chi connectivity index (χ2n) is 4.09. The van der Waals surface area contributed by atoms with Gasteiger partial charge in [-0.1, -0.05) is 11.6 Å². The van der Waals surface area contributed by atoms with Gasteiger partial charge in [0, 0.05) is 19.2 Å². The Kier molecular flexibility index (Phi) is 6.93. The summed E-state index contributed by atoms with van der Waals surface area (Å²) in [4.78, 5) is 10.4. The van der Waals surface area contributed by atoms with E-state index in [0.717, 1.165) is 13.0 Å². The average molecular weight is 274 g/mol. The van der Waals surface area contributed by atoms with E-state index in [9.17, 15) is 0 Å². The second kappa shape index (κ2) is 8.24.